The number of hydrogen-bond donors (Lipinski definition) is 3. The van der Waals surface area contributed by atoms with Crippen molar-refractivity contribution in [3.8, 4) is 17.3 Å². The maximum atomic E-state index is 13.7. The van der Waals surface area contributed by atoms with Gasteiger partial charge in [0.25, 0.3) is 0 Å². The number of halogens is 4. The zero-order valence-corrected chi connectivity index (χ0v) is 21.2. The van der Waals surface area contributed by atoms with Crippen LogP contribution in [0.4, 0.5) is 24.8 Å². The number of aromatic nitrogens is 3. The Labute approximate surface area is 216 Å². The third-order valence-electron chi connectivity index (χ3n) is 5.07. The van der Waals surface area contributed by atoms with E-state index in [1.165, 1.54) is 12.1 Å². The number of likely N-dealkylation sites (N-methyl/N-ethyl adjacent to an activating group) is 1. The lowest BCUT2D eigenvalue weighted by Crippen LogP contribution is -2.29. The van der Waals surface area contributed by atoms with E-state index in [1.54, 1.807) is 0 Å². The van der Waals surface area contributed by atoms with Gasteiger partial charge in [0.05, 0.1) is 21.8 Å². The molecule has 3 rings (SSSR count). The Morgan fingerprint density at radius 2 is 1.97 bits per heavy atom. The number of nitrogens with one attached hydrogen (secondary N) is 2. The molecule has 198 valence electrons. The van der Waals surface area contributed by atoms with E-state index in [9.17, 15) is 18.0 Å². The van der Waals surface area contributed by atoms with Gasteiger partial charge >= 0.3 is 12.2 Å². The molecule has 0 aliphatic rings. The SMILES string of the molecule is C=CC(=O)NCCNc1nc(O[C@@H](C)CN(C)C)nc2cc(-c3nc(N)ccc3C(F)(F)F)c(Cl)cc12. The molecule has 37 heavy (non-hydrogen) atoms. The average Bonchev–Trinajstić information content (AvgIpc) is 2.80. The molecule has 0 aliphatic carbocycles. The zero-order valence-electron chi connectivity index (χ0n) is 20.5. The number of nitrogens with zero attached hydrogens (tertiary/aromatic N) is 4. The van der Waals surface area contributed by atoms with Crippen LogP contribution in [0.25, 0.3) is 22.2 Å². The van der Waals surface area contributed by atoms with Crippen molar-refractivity contribution in [2.75, 3.05) is 44.8 Å². The number of fused-ring (bicyclic) bond motifs is 1. The Morgan fingerprint density at radius 1 is 1.24 bits per heavy atom. The second-order valence-corrected chi connectivity index (χ2v) is 8.85. The van der Waals surface area contributed by atoms with E-state index >= 15 is 0 Å². The summed E-state index contributed by atoms with van der Waals surface area (Å²) in [5.74, 6) is -0.0964. The van der Waals surface area contributed by atoms with E-state index in [0.29, 0.717) is 17.7 Å². The van der Waals surface area contributed by atoms with Crippen molar-refractivity contribution in [2.45, 2.75) is 19.2 Å². The number of nitrogens with two attached hydrogens (primary N) is 1. The Morgan fingerprint density at radius 3 is 2.62 bits per heavy atom. The minimum absolute atomic E-state index is 0.00245. The predicted octanol–water partition coefficient (Wildman–Crippen LogP) is 3.99. The summed E-state index contributed by atoms with van der Waals surface area (Å²) < 4.78 is 47.0. The molecule has 1 atom stereocenters. The van der Waals surface area contributed by atoms with Crippen molar-refractivity contribution < 1.29 is 22.7 Å². The highest BCUT2D eigenvalue weighted by atomic mass is 35.5. The number of nitrogen functional groups attached to an aromatic ring is 1. The molecule has 2 aromatic heterocycles. The summed E-state index contributed by atoms with van der Waals surface area (Å²) in [6.07, 6.45) is -3.82. The Bertz CT molecular complexity index is 1300. The summed E-state index contributed by atoms with van der Waals surface area (Å²) in [5.41, 5.74) is 4.58. The monoisotopic (exact) mass is 537 g/mol. The molecule has 0 unspecified atom stereocenters. The van der Waals surface area contributed by atoms with E-state index in [4.69, 9.17) is 22.1 Å². The highest BCUT2D eigenvalue weighted by Crippen LogP contribution is 2.41. The summed E-state index contributed by atoms with van der Waals surface area (Å²) in [6.45, 7) is 6.36. The van der Waals surface area contributed by atoms with Crippen LogP contribution in [0.1, 0.15) is 12.5 Å². The lowest BCUT2D eigenvalue weighted by atomic mass is 10.0. The molecule has 1 aromatic carbocycles. The molecule has 0 radical (unpaired) electrons. The van der Waals surface area contributed by atoms with Crippen LogP contribution in [0.3, 0.4) is 0 Å². The number of ether oxygens (including phenoxy) is 1. The van der Waals surface area contributed by atoms with Crippen molar-refractivity contribution in [1.82, 2.24) is 25.2 Å². The topological polar surface area (TPSA) is 118 Å². The van der Waals surface area contributed by atoms with Crippen LogP contribution in [-0.2, 0) is 11.0 Å². The summed E-state index contributed by atoms with van der Waals surface area (Å²) in [4.78, 5) is 26.1. The van der Waals surface area contributed by atoms with Crippen molar-refractivity contribution in [2.24, 2.45) is 0 Å². The van der Waals surface area contributed by atoms with Crippen LogP contribution < -0.4 is 21.1 Å². The standard InChI is InChI=1S/C24H27ClF3N7O2/c1-5-20(36)30-8-9-31-22-15-10-17(25)14(21-16(24(26,27)28)6-7-19(29)33-21)11-18(15)32-23(34-22)37-13(2)12-35(3)4/h5-7,10-11,13H,1,8-9,12H2,2-4H3,(H2,29,33)(H,30,36)(H,31,32,34)/t13-/m0/s1. The molecule has 0 bridgehead atoms. The van der Waals surface area contributed by atoms with Gasteiger partial charge in [0.2, 0.25) is 5.91 Å². The number of hydrogen-bond acceptors (Lipinski definition) is 8. The molecular weight excluding hydrogens is 511 g/mol. The number of carbonyl (C=O) groups is 1. The summed E-state index contributed by atoms with van der Waals surface area (Å²) in [7, 11) is 3.77. The van der Waals surface area contributed by atoms with Gasteiger partial charge in [-0.1, -0.05) is 18.2 Å². The molecule has 0 aliphatic heterocycles. The lowest BCUT2D eigenvalue weighted by molar-refractivity contribution is -0.137. The summed E-state index contributed by atoms with van der Waals surface area (Å²) in [6, 6.07) is 4.80. The number of alkyl halides is 3. The first-order valence-corrected chi connectivity index (χ1v) is 11.6. The normalized spacial score (nSPS) is 12.4. The van der Waals surface area contributed by atoms with Gasteiger partial charge in [-0.05, 0) is 51.4 Å². The first kappa shape index (κ1) is 27.9. The van der Waals surface area contributed by atoms with Crippen molar-refractivity contribution in [3.05, 3.63) is 47.5 Å². The third kappa shape index (κ3) is 7.20. The number of amides is 1. The van der Waals surface area contributed by atoms with Crippen molar-refractivity contribution >= 4 is 40.0 Å². The first-order valence-electron chi connectivity index (χ1n) is 11.2. The smallest absolute Gasteiger partial charge is 0.418 e. The maximum absolute atomic E-state index is 13.7. The molecule has 4 N–H and O–H groups in total. The fourth-order valence-electron chi connectivity index (χ4n) is 3.58. The van der Waals surface area contributed by atoms with Gasteiger partial charge in [-0.3, -0.25) is 4.79 Å². The molecule has 1 amide bonds. The van der Waals surface area contributed by atoms with Crippen LogP contribution in [-0.4, -0.2) is 65.6 Å². The maximum Gasteiger partial charge on any atom is 0.418 e. The van der Waals surface area contributed by atoms with E-state index < -0.39 is 17.4 Å². The van der Waals surface area contributed by atoms with Crippen LogP contribution in [0.2, 0.25) is 5.02 Å². The molecule has 3 aromatic rings. The van der Waals surface area contributed by atoms with Crippen molar-refractivity contribution in [3.63, 3.8) is 0 Å². The zero-order chi connectivity index (χ0) is 27.3. The molecule has 0 fully saturated rings. The third-order valence-corrected chi connectivity index (χ3v) is 5.38. The largest absolute Gasteiger partial charge is 0.459 e. The van der Waals surface area contributed by atoms with Gasteiger partial charge < -0.3 is 26.0 Å². The summed E-state index contributed by atoms with van der Waals surface area (Å²) >= 11 is 6.45. The molecule has 13 heteroatoms. The Hall–Kier alpha value is -3.64. The van der Waals surface area contributed by atoms with E-state index in [2.05, 4.69) is 32.2 Å². The predicted molar refractivity (Wildman–Crippen MR) is 138 cm³/mol. The Balaban J connectivity index is 2.10. The second kappa shape index (κ2) is 11.6. The Kier molecular flexibility index (Phi) is 8.77. The van der Waals surface area contributed by atoms with Gasteiger partial charge in [-0.15, -0.1) is 0 Å². The van der Waals surface area contributed by atoms with E-state index in [0.717, 1.165) is 18.2 Å². The van der Waals surface area contributed by atoms with Crippen LogP contribution in [0, 0.1) is 0 Å². The molecule has 9 nitrogen and oxygen atoms in total. The van der Waals surface area contributed by atoms with Crippen LogP contribution in [0.15, 0.2) is 36.9 Å². The number of rotatable bonds is 10. The molecular formula is C24H27ClF3N7O2. The van der Waals surface area contributed by atoms with Gasteiger partial charge in [0.15, 0.2) is 0 Å². The summed E-state index contributed by atoms with van der Waals surface area (Å²) in [5, 5.41) is 6.16. The number of carbonyl (C=O) groups excluding carboxylic acids is 1. The van der Waals surface area contributed by atoms with E-state index in [-0.39, 0.29) is 53.0 Å². The minimum atomic E-state index is -4.68. The van der Waals surface area contributed by atoms with Gasteiger partial charge in [-0.25, -0.2) is 4.98 Å². The van der Waals surface area contributed by atoms with Gasteiger partial charge in [-0.2, -0.15) is 23.1 Å². The van der Waals surface area contributed by atoms with Gasteiger partial charge in [0.1, 0.15) is 17.7 Å². The van der Waals surface area contributed by atoms with Crippen LogP contribution >= 0.6 is 11.6 Å². The number of anilines is 2. The molecule has 0 saturated carbocycles. The van der Waals surface area contributed by atoms with Crippen molar-refractivity contribution in [1.29, 1.82) is 0 Å². The molecule has 2 heterocycles. The van der Waals surface area contributed by atoms with Gasteiger partial charge in [0, 0.05) is 30.6 Å². The lowest BCUT2D eigenvalue weighted by Gasteiger charge is -2.19. The fraction of sp³-hybridized carbons (Fsp3) is 0.333. The second-order valence-electron chi connectivity index (χ2n) is 8.45. The number of benzene rings is 1. The quantitative estimate of drug-likeness (QED) is 0.262. The molecule has 0 spiro atoms. The molecule has 0 saturated heterocycles. The average molecular weight is 538 g/mol. The highest BCUT2D eigenvalue weighted by molar-refractivity contribution is 6.34. The van der Waals surface area contributed by atoms with Crippen LogP contribution in [0.5, 0.6) is 6.01 Å². The first-order chi connectivity index (χ1) is 17.4. The highest BCUT2D eigenvalue weighted by Gasteiger charge is 2.35. The van der Waals surface area contributed by atoms with E-state index in [1.807, 2.05) is 25.9 Å². The minimum Gasteiger partial charge on any atom is -0.459 e. The fourth-order valence-corrected chi connectivity index (χ4v) is 3.83. The number of pyridine rings is 1.